The number of primary amides is 2. The van der Waals surface area contributed by atoms with Gasteiger partial charge in [-0.05, 0) is 148 Å². The summed E-state index contributed by atoms with van der Waals surface area (Å²) in [6.07, 6.45) is -0.120. The predicted molar refractivity (Wildman–Crippen MR) is 513 cm³/mol. The summed E-state index contributed by atoms with van der Waals surface area (Å²) >= 11 is 9.55. The number of carboxylic acid groups (broad SMARTS) is 1. The topological polar surface area (TPSA) is 740 Å². The lowest BCUT2D eigenvalue weighted by molar-refractivity contribution is -0.141. The highest BCUT2D eigenvalue weighted by Crippen LogP contribution is 2.24. The Bertz CT molecular complexity index is 5200. The second kappa shape index (κ2) is 56.6. The first-order chi connectivity index (χ1) is 65.0. The van der Waals surface area contributed by atoms with Crippen LogP contribution < -0.4 is 108 Å². The number of fused-ring (bicyclic) bond motifs is 2. The van der Waals surface area contributed by atoms with Crippen LogP contribution in [0.1, 0.15) is 121 Å². The van der Waals surface area contributed by atoms with Gasteiger partial charge in [-0.3, -0.25) is 91.7 Å². The average molecular weight is 1970 g/mol. The highest BCUT2D eigenvalue weighted by atomic mass is 32.2. The molecule has 137 heavy (non-hydrogen) atoms. The van der Waals surface area contributed by atoms with Crippen LogP contribution in [0.4, 0.5) is 0 Å². The van der Waals surface area contributed by atoms with Crippen LogP contribution in [0.25, 0.3) is 21.8 Å². The number of aromatic nitrogens is 2. The van der Waals surface area contributed by atoms with Gasteiger partial charge >= 0.3 is 5.97 Å². The molecule has 0 radical (unpaired) electrons. The lowest BCUT2D eigenvalue weighted by Crippen LogP contribution is -2.62. The van der Waals surface area contributed by atoms with Crippen LogP contribution in [0.5, 0.6) is 11.5 Å². The molecule has 48 heteroatoms. The Balaban J connectivity index is 1.28. The third kappa shape index (κ3) is 37.8. The van der Waals surface area contributed by atoms with Crippen molar-refractivity contribution in [2.24, 2.45) is 28.9 Å². The molecule has 4 aromatic carbocycles. The first-order valence-corrected chi connectivity index (χ1v) is 46.8. The van der Waals surface area contributed by atoms with Crippen molar-refractivity contribution in [3.8, 4) is 11.5 Å². The molecule has 2 aromatic heterocycles. The Kier molecular flexibility index (Phi) is 46.2. The van der Waals surface area contributed by atoms with E-state index in [9.17, 15) is 87.5 Å². The maximum atomic E-state index is 15.4. The SMILES string of the molecule is CSCC[C@H](NC(=O)[C@H](C)NC(=O)[C@H](CS)NC(=O)[C@H](CCCCN)NC(C)=O)C(=O)N[C@H](C(=O)N[C@@H](Cc1c[nH]c2ccccc12)C(=O)N[C@@H](CCC(N)=O)C(=O)N[C@@H](CC(=O)O)C(=O)N[C@@H](Cc1ccc(O)cc1)C(=O)N[C@@H](Cc1c[nH]c2ccccc12)C(=O)N[C@@H](CC(C)C)C(=O)N[C@@H](Cc1ccc(O)cc1)C(=O)NCC(=O)N[C@@H](CCCNC(=N)N)C(=O)N[C@@H](CS)C(N)=O)[C@@H](C)O. The van der Waals surface area contributed by atoms with Gasteiger partial charge < -0.3 is 138 Å². The number of hydrogen-bond donors (Lipinski definition) is 29. The number of rotatable bonds is 59. The zero-order valence-electron chi connectivity index (χ0n) is 76.5. The van der Waals surface area contributed by atoms with E-state index in [1.54, 1.807) is 74.8 Å². The predicted octanol–water partition coefficient (Wildman–Crippen LogP) is -4.07. The number of phenolic OH excluding ortho intramolecular Hbond substituents is 2. The zero-order valence-corrected chi connectivity index (χ0v) is 79.1. The van der Waals surface area contributed by atoms with Gasteiger partial charge in [0, 0.05) is 91.3 Å². The van der Waals surface area contributed by atoms with Gasteiger partial charge in [0.2, 0.25) is 100 Å². The van der Waals surface area contributed by atoms with Crippen molar-refractivity contribution in [3.63, 3.8) is 0 Å². The first kappa shape index (κ1) is 112. The number of thioether (sulfide) groups is 1. The Labute approximate surface area is 804 Å². The lowest BCUT2D eigenvalue weighted by Gasteiger charge is -2.29. The molecule has 746 valence electrons. The highest BCUT2D eigenvalue weighted by molar-refractivity contribution is 7.98. The lowest BCUT2D eigenvalue weighted by atomic mass is 9.99. The largest absolute Gasteiger partial charge is 0.508 e. The quantitative estimate of drug-likeness (QED) is 0.00747. The zero-order chi connectivity index (χ0) is 101. The van der Waals surface area contributed by atoms with Crippen LogP contribution in [0.15, 0.2) is 109 Å². The van der Waals surface area contributed by atoms with Gasteiger partial charge in [0.15, 0.2) is 5.96 Å². The molecule has 2 heterocycles. The van der Waals surface area contributed by atoms with Gasteiger partial charge in [-0.15, -0.1) is 0 Å². The van der Waals surface area contributed by atoms with E-state index < -0.39 is 242 Å². The van der Waals surface area contributed by atoms with Crippen molar-refractivity contribution in [2.75, 3.05) is 43.1 Å². The number of aliphatic hydroxyl groups is 1. The number of amides is 17. The summed E-state index contributed by atoms with van der Waals surface area (Å²) < 4.78 is 0. The Hall–Kier alpha value is -13.7. The normalized spacial score (nSPS) is 14.4. The molecule has 6 aromatic rings. The summed E-state index contributed by atoms with van der Waals surface area (Å²) in [7, 11) is 0. The monoisotopic (exact) mass is 1960 g/mol. The van der Waals surface area contributed by atoms with Crippen LogP contribution in [0.2, 0.25) is 0 Å². The molecule has 0 unspecified atom stereocenters. The molecule has 0 spiro atoms. The van der Waals surface area contributed by atoms with Gasteiger partial charge in [0.1, 0.15) is 96.1 Å². The third-order valence-electron chi connectivity index (χ3n) is 21.6. The fourth-order valence-corrected chi connectivity index (χ4v) is 15.3. The number of carboxylic acids is 1. The first-order valence-electron chi connectivity index (χ1n) is 44.1. The van der Waals surface area contributed by atoms with Crippen molar-refractivity contribution >= 4 is 171 Å². The van der Waals surface area contributed by atoms with Crippen molar-refractivity contribution in [3.05, 3.63) is 132 Å². The number of nitrogens with one attached hydrogen (secondary N) is 19. The fraction of sp³-hybridized carbons (Fsp3) is 0.472. The molecule has 15 atom stereocenters. The number of para-hydroxylation sites is 2. The number of aliphatic hydroxyl groups excluding tert-OH is 1. The number of carbonyl (C=O) groups excluding carboxylic acids is 17. The van der Waals surface area contributed by atoms with Gasteiger partial charge in [0.05, 0.1) is 19.1 Å². The number of H-pyrrole nitrogens is 2. The maximum absolute atomic E-state index is 15.4. The van der Waals surface area contributed by atoms with Crippen molar-refractivity contribution in [1.82, 2.24) is 95.0 Å². The fourth-order valence-electron chi connectivity index (χ4n) is 14.3. The second-order valence-electron chi connectivity index (χ2n) is 33.1. The molecule has 31 N–H and O–H groups in total. The summed E-state index contributed by atoms with van der Waals surface area (Å²) in [5.41, 5.74) is 24.6. The van der Waals surface area contributed by atoms with Crippen LogP contribution in [-0.4, -0.2) is 277 Å². The molecular formula is C89H125N23O22S3. The number of aromatic hydroxyl groups is 2. The number of aliphatic carboxylic acids is 1. The minimum atomic E-state index is -2.19. The van der Waals surface area contributed by atoms with Crippen LogP contribution in [0.3, 0.4) is 0 Å². The summed E-state index contributed by atoms with van der Waals surface area (Å²) in [5, 5.41) is 91.2. The van der Waals surface area contributed by atoms with E-state index in [4.69, 9.17) is 28.3 Å². The minimum absolute atomic E-state index is 0.0740. The van der Waals surface area contributed by atoms with E-state index in [1.165, 1.54) is 80.3 Å². The number of hydrogen-bond acceptors (Lipinski definition) is 26. The standard InChI is InChI=1S/C89H125N23O22S3/c1-45(2)34-63(82(128)105-64(35-49-20-24-53(115)25-21-49)77(123)98-42-72(118)101-60(19-13-32-95-89(93)94)79(125)110-69(43-135)75(92)121)104-85(131)66(37-51-40-96-57-16-9-7-14-55(51)57)107-83(129)65(36-50-22-26-54(116)27-23-50)106-86(132)68(39-73(119)120)108-80(126)61(28-29-71(91)117)103-84(130)67(38-52-41-97-58-17-10-8-15-56(52)58)109-88(134)74(47(4)113)112-81(127)62(30-33-137-6)102-76(122)46(3)99-87(133)70(44-136)111-78(124)59(100-48(5)114)18-11-12-31-90/h7-10,14-17,20-27,40-41,45-47,59-70,74,96-97,113,115-116,135-136H,11-13,18-19,28-39,42-44,90H2,1-6H3,(H2,91,117)(H2,92,121)(H,98,123)(H,99,133)(H,100,114)(H,101,118)(H,102,122)(H,103,130)(H,104,131)(H,105,128)(H,106,132)(H,107,129)(H,108,126)(H,109,134)(H,110,125)(H,111,124)(H,112,127)(H,119,120)(H4,93,94,95)/t46-,47+,59-,60-,61-,62-,63-,64-,65-,66-,67-,68-,69-,70-,74-/m0/s1. The van der Waals surface area contributed by atoms with E-state index in [-0.39, 0.29) is 91.8 Å². The molecular weight excluding hydrogens is 1840 g/mol. The molecule has 0 saturated heterocycles. The molecule has 0 aliphatic carbocycles. The Morgan fingerprint density at radius 2 is 0.847 bits per heavy atom. The highest BCUT2D eigenvalue weighted by Gasteiger charge is 2.40. The molecule has 0 aliphatic heterocycles. The molecule has 17 amide bonds. The molecule has 6 rings (SSSR count). The van der Waals surface area contributed by atoms with E-state index >= 15 is 19.2 Å². The molecule has 45 nitrogen and oxygen atoms in total. The molecule has 0 saturated carbocycles. The van der Waals surface area contributed by atoms with Crippen LogP contribution in [-0.2, 0) is 112 Å². The number of carbonyl (C=O) groups is 18. The van der Waals surface area contributed by atoms with Gasteiger partial charge in [-0.1, -0.05) is 74.5 Å². The van der Waals surface area contributed by atoms with Gasteiger partial charge in [-0.2, -0.15) is 37.0 Å². The summed E-state index contributed by atoms with van der Waals surface area (Å²) in [5.74, 6) is -20.1. The van der Waals surface area contributed by atoms with Gasteiger partial charge in [-0.25, -0.2) is 0 Å². The molecule has 0 fully saturated rings. The number of thiol groups is 2. The smallest absolute Gasteiger partial charge is 0.305 e. The van der Waals surface area contributed by atoms with Crippen molar-refractivity contribution in [2.45, 2.75) is 215 Å². The van der Waals surface area contributed by atoms with E-state index in [1.807, 2.05) is 0 Å². The summed E-state index contributed by atoms with van der Waals surface area (Å²) in [6.45, 7) is 6.66. The third-order valence-corrected chi connectivity index (χ3v) is 22.9. The van der Waals surface area contributed by atoms with Gasteiger partial charge in [0.25, 0.3) is 0 Å². The van der Waals surface area contributed by atoms with Crippen molar-refractivity contribution < 1.29 is 107 Å². The number of aromatic amines is 2. The van der Waals surface area contributed by atoms with Crippen molar-refractivity contribution in [1.29, 1.82) is 5.41 Å². The van der Waals surface area contributed by atoms with E-state index in [2.05, 4.69) is 120 Å². The minimum Gasteiger partial charge on any atom is -0.508 e. The molecule has 0 aliphatic rings. The maximum Gasteiger partial charge on any atom is 0.305 e. The Morgan fingerprint density at radius 1 is 0.438 bits per heavy atom. The number of unbranched alkanes of at least 4 members (excludes halogenated alkanes) is 1. The average Bonchev–Trinajstić information content (AvgIpc) is 1.60. The summed E-state index contributed by atoms with van der Waals surface area (Å²) in [4.78, 5) is 258. The van der Waals surface area contributed by atoms with Crippen LogP contribution in [0, 0.1) is 11.3 Å². The number of benzene rings is 4. The second-order valence-corrected chi connectivity index (χ2v) is 34.8. The van der Waals surface area contributed by atoms with E-state index in [0.29, 0.717) is 57.9 Å². The number of nitrogens with two attached hydrogens (primary N) is 4. The van der Waals surface area contributed by atoms with E-state index in [0.717, 1.165) is 6.92 Å². The summed E-state index contributed by atoms with van der Waals surface area (Å²) in [6, 6.07) is 2.03. The Morgan fingerprint density at radius 3 is 1.32 bits per heavy atom. The number of guanidine groups is 1. The van der Waals surface area contributed by atoms with Crippen LogP contribution >= 0.6 is 37.0 Å². The molecule has 0 bridgehead atoms. The number of phenols is 2.